The number of likely N-dealkylation sites (tertiary alicyclic amines) is 1. The van der Waals surface area contributed by atoms with E-state index in [2.05, 4.69) is 75.5 Å². The highest BCUT2D eigenvalue weighted by Crippen LogP contribution is 2.44. The van der Waals surface area contributed by atoms with Crippen LogP contribution in [0.5, 0.6) is 0 Å². The molecule has 1 aromatic carbocycles. The Morgan fingerprint density at radius 1 is 1.01 bits per heavy atom. The molecule has 3 aromatic heterocycles. The van der Waals surface area contributed by atoms with Gasteiger partial charge in [-0.15, -0.1) is 11.3 Å². The van der Waals surface area contributed by atoms with Gasteiger partial charge in [0.15, 0.2) is 0 Å². The summed E-state index contributed by atoms with van der Waals surface area (Å²) in [6.07, 6.45) is 9.11. The van der Waals surface area contributed by atoms with Gasteiger partial charge in [0.25, 0.3) is 5.91 Å². The lowest BCUT2D eigenvalue weighted by Crippen LogP contribution is -2.62. The summed E-state index contributed by atoms with van der Waals surface area (Å²) in [5, 5.41) is 11.8. The number of esters is 1. The molecule has 5 saturated heterocycles. The monoisotopic (exact) mass is 1130 g/mol. The number of aryl methyl sites for hydroxylation is 1. The average Bonchev–Trinajstić information content (AvgIpc) is 4.41. The number of hydrogen-bond donors (Lipinski definition) is 3. The molecule has 81 heavy (non-hydrogen) atoms. The SMILES string of the molecule is CCn1c(-c2cc(N3CCN4CCOC[C@@H]4C3)cnc2[C@H](C)OC)c2c3cc(ccc31)-c1csc(n1)C[C@H](NC(=O)C(C1CCCC1)N(C)C(=O)[C@H]1CN(C(=O)[C@@H]3N[C@@H]3C3CC3)C[C@H]1C)C(=O)N1CCC[C@H](N1)C(=O)OCC(C)(C)C2. The van der Waals surface area contributed by atoms with Crippen molar-refractivity contribution in [2.75, 3.05) is 84.7 Å². The van der Waals surface area contributed by atoms with Crippen LogP contribution in [0.3, 0.4) is 0 Å². The topological polar surface area (TPSA) is 206 Å². The molecule has 2 aliphatic carbocycles. The van der Waals surface area contributed by atoms with Crippen LogP contribution in [0.4, 0.5) is 5.69 Å². The molecule has 2 saturated carbocycles. The van der Waals surface area contributed by atoms with Crippen molar-refractivity contribution in [3.05, 3.63) is 52.1 Å². The second kappa shape index (κ2) is 22.9. The van der Waals surface area contributed by atoms with Gasteiger partial charge in [0.1, 0.15) is 24.2 Å². The van der Waals surface area contributed by atoms with Gasteiger partial charge in [-0.3, -0.25) is 44.2 Å². The first-order valence-electron chi connectivity index (χ1n) is 30.1. The molecular weight excluding hydrogens is 1050 g/mol. The number of pyridine rings is 1. The highest BCUT2D eigenvalue weighted by atomic mass is 32.1. The van der Waals surface area contributed by atoms with E-state index in [9.17, 15) is 14.4 Å². The maximum absolute atomic E-state index is 15.1. The van der Waals surface area contributed by atoms with Gasteiger partial charge in [-0.1, -0.05) is 39.7 Å². The van der Waals surface area contributed by atoms with Crippen molar-refractivity contribution < 1.29 is 38.2 Å². The lowest BCUT2D eigenvalue weighted by Gasteiger charge is -2.44. The highest BCUT2D eigenvalue weighted by molar-refractivity contribution is 7.10. The summed E-state index contributed by atoms with van der Waals surface area (Å²) < 4.78 is 20.7. The molecule has 9 heterocycles. The standard InChI is InChI=1S/C61H83N11O8S/c1-8-71-49-18-17-39-24-42(49)44(55(71)43-25-40(28-62-51(43)36(3)78-7)69-21-20-68-22-23-79-32-41(68)30-69)27-61(4,5)34-80-60(77)46-14-11-19-72(66-46)58(75)47(26-50-63-48(39)33-81-50)64-56(73)54(38-12-9-10-13-38)67(6)57(74)45-31-70(29-35(45)2)59(76)53-52(65-53)37-15-16-37/h17-18,24-25,28,33,35-38,41,45-47,52-54,65-66H,8-16,19-23,26-27,29-32,34H2,1-7H3,(H,64,73)/t35-,36+,41+,45+,46+,47+,52-,53-,54?/m1/s1. The summed E-state index contributed by atoms with van der Waals surface area (Å²) in [5.41, 5.74) is 10.5. The molecule has 8 aliphatic rings. The second-order valence-corrected chi connectivity index (χ2v) is 26.4. The predicted octanol–water partition coefficient (Wildman–Crippen LogP) is 5.59. The summed E-state index contributed by atoms with van der Waals surface area (Å²) >= 11 is 1.44. The van der Waals surface area contributed by atoms with Crippen LogP contribution < -0.4 is 21.0 Å². The number of methoxy groups -OCH3 is 1. The number of morpholine rings is 1. The first-order valence-corrected chi connectivity index (χ1v) is 31.0. The van der Waals surface area contributed by atoms with E-state index in [0.717, 1.165) is 122 Å². The van der Waals surface area contributed by atoms with Gasteiger partial charge in [-0.2, -0.15) is 0 Å². The predicted molar refractivity (Wildman–Crippen MR) is 309 cm³/mol. The smallest absolute Gasteiger partial charge is 0.324 e. The van der Waals surface area contributed by atoms with E-state index in [4.69, 9.17) is 24.2 Å². The fraction of sp³-hybridized carbons (Fsp3) is 0.656. The number of nitrogens with one attached hydrogen (secondary N) is 3. The van der Waals surface area contributed by atoms with E-state index in [1.54, 1.807) is 19.1 Å². The number of piperazine rings is 1. The summed E-state index contributed by atoms with van der Waals surface area (Å²) in [5.74, 6) is -1.37. The molecule has 0 radical (unpaired) electrons. The van der Waals surface area contributed by atoms with Crippen LogP contribution in [0.1, 0.15) is 108 Å². The number of hydrazine groups is 1. The first kappa shape index (κ1) is 56.0. The number of ether oxygens (including phenoxy) is 3. The maximum Gasteiger partial charge on any atom is 0.324 e. The largest absolute Gasteiger partial charge is 0.464 e. The van der Waals surface area contributed by atoms with Gasteiger partial charge in [0.2, 0.25) is 17.7 Å². The Labute approximate surface area is 480 Å². The number of nitrogens with zero attached hydrogens (tertiary/aromatic N) is 8. The minimum Gasteiger partial charge on any atom is -0.464 e. The molecule has 6 aliphatic heterocycles. The fourth-order valence-corrected chi connectivity index (χ4v) is 15.1. The van der Waals surface area contributed by atoms with Crippen LogP contribution >= 0.6 is 11.3 Å². The number of rotatable bonds is 12. The minimum absolute atomic E-state index is 0.0683. The number of fused-ring (bicyclic) bond motifs is 7. The number of benzene rings is 1. The lowest BCUT2D eigenvalue weighted by atomic mass is 9.84. The number of likely N-dealkylation sites (N-methyl/N-ethyl adjacent to an activating group) is 1. The van der Waals surface area contributed by atoms with Crippen molar-refractivity contribution >= 4 is 57.5 Å². The molecule has 4 aromatic rings. The lowest BCUT2D eigenvalue weighted by molar-refractivity contribution is -0.155. The second-order valence-electron chi connectivity index (χ2n) is 25.4. The van der Waals surface area contributed by atoms with Crippen LogP contribution in [0.15, 0.2) is 35.8 Å². The first-order chi connectivity index (χ1) is 39.1. The molecular formula is C61H83N11O8S. The van der Waals surface area contributed by atoms with Crippen molar-refractivity contribution in [3.8, 4) is 22.5 Å². The van der Waals surface area contributed by atoms with E-state index in [1.807, 2.05) is 30.3 Å². The third-order valence-corrected chi connectivity index (χ3v) is 20.0. The molecule has 7 fully saturated rings. The number of cyclic esters (lactones) is 1. The number of carbonyl (C=O) groups excluding carboxylic acids is 5. The van der Waals surface area contributed by atoms with E-state index in [0.29, 0.717) is 69.0 Å². The normalized spacial score (nSPS) is 28.1. The van der Waals surface area contributed by atoms with Gasteiger partial charge in [-0.05, 0) is 100 Å². The van der Waals surface area contributed by atoms with E-state index >= 15 is 9.59 Å². The Morgan fingerprint density at radius 2 is 1.83 bits per heavy atom. The molecule has 3 N–H and O–H groups in total. The molecule has 12 rings (SSSR count). The van der Waals surface area contributed by atoms with Gasteiger partial charge in [0.05, 0.1) is 71.9 Å². The Bertz CT molecular complexity index is 3040. The van der Waals surface area contributed by atoms with Crippen molar-refractivity contribution in [2.45, 2.75) is 148 Å². The number of hydrogen-bond acceptors (Lipinski definition) is 15. The van der Waals surface area contributed by atoms with E-state index in [-0.39, 0.29) is 60.8 Å². The highest BCUT2D eigenvalue weighted by Gasteiger charge is 2.54. The van der Waals surface area contributed by atoms with Crippen LogP contribution in [-0.4, -0.2) is 180 Å². The zero-order valence-electron chi connectivity index (χ0n) is 48.4. The fourth-order valence-electron chi connectivity index (χ4n) is 14.3. The number of thiazole rings is 1. The van der Waals surface area contributed by atoms with Crippen LogP contribution in [0.25, 0.3) is 33.4 Å². The van der Waals surface area contributed by atoms with Crippen molar-refractivity contribution in [1.29, 1.82) is 0 Å². The zero-order chi connectivity index (χ0) is 56.4. The summed E-state index contributed by atoms with van der Waals surface area (Å²) in [6, 6.07) is 6.51. The Hall–Kier alpha value is -5.51. The molecule has 20 heteroatoms. The van der Waals surface area contributed by atoms with E-state index < -0.39 is 41.3 Å². The molecule has 9 atom stereocenters. The van der Waals surface area contributed by atoms with Crippen LogP contribution in [-0.2, 0) is 57.6 Å². The third kappa shape index (κ3) is 11.3. The Morgan fingerprint density at radius 3 is 2.60 bits per heavy atom. The van der Waals surface area contributed by atoms with Crippen molar-refractivity contribution in [3.63, 3.8) is 0 Å². The Balaban J connectivity index is 0.875. The van der Waals surface area contributed by atoms with Crippen molar-refractivity contribution in [1.82, 2.24) is 50.3 Å². The van der Waals surface area contributed by atoms with Gasteiger partial charge >= 0.3 is 5.97 Å². The van der Waals surface area contributed by atoms with Gasteiger partial charge in [-0.25, -0.2) is 10.4 Å². The van der Waals surface area contributed by atoms with Gasteiger partial charge in [0, 0.05) is 112 Å². The Kier molecular flexibility index (Phi) is 15.8. The molecule has 4 amide bonds. The third-order valence-electron chi connectivity index (χ3n) is 19.2. The molecule has 6 bridgehead atoms. The van der Waals surface area contributed by atoms with Crippen molar-refractivity contribution in [2.24, 2.45) is 29.1 Å². The van der Waals surface area contributed by atoms with Gasteiger partial charge < -0.3 is 38.8 Å². The van der Waals surface area contributed by atoms with Crippen LogP contribution in [0.2, 0.25) is 0 Å². The molecule has 1 unspecified atom stereocenters. The summed E-state index contributed by atoms with van der Waals surface area (Å²) in [4.78, 5) is 91.6. The number of aromatic nitrogens is 3. The quantitative estimate of drug-likeness (QED) is 0.117. The minimum atomic E-state index is -1.07. The number of carbonyl (C=O) groups is 5. The van der Waals surface area contributed by atoms with Crippen LogP contribution in [0, 0.1) is 29.1 Å². The molecule has 0 spiro atoms. The van der Waals surface area contributed by atoms with E-state index in [1.165, 1.54) is 16.3 Å². The maximum atomic E-state index is 15.1. The molecule has 436 valence electrons. The zero-order valence-corrected chi connectivity index (χ0v) is 49.2. The summed E-state index contributed by atoms with van der Waals surface area (Å²) in [6.45, 7) is 17.6. The molecule has 19 nitrogen and oxygen atoms in total. The average molecular weight is 1130 g/mol. The number of anilines is 1. The number of amides is 4. The summed E-state index contributed by atoms with van der Waals surface area (Å²) in [7, 11) is 3.44.